The second-order valence-electron chi connectivity index (χ2n) is 2.36. The molecule has 0 amide bonds. The van der Waals surface area contributed by atoms with Crippen LogP contribution in [0.5, 0.6) is 0 Å². The monoisotopic (exact) mass is 164 g/mol. The molecule has 0 unspecified atom stereocenters. The summed E-state index contributed by atoms with van der Waals surface area (Å²) in [6, 6.07) is 4.16. The summed E-state index contributed by atoms with van der Waals surface area (Å²) in [7, 11) is 0. The second kappa shape index (κ2) is 4.14. The molecule has 0 atom stereocenters. The maximum Gasteiger partial charge on any atom is 0.0270 e. The Morgan fingerprint density at radius 2 is 2.55 bits per heavy atom. The van der Waals surface area contributed by atoms with E-state index < -0.39 is 0 Å². The van der Waals surface area contributed by atoms with Gasteiger partial charge in [-0.25, -0.2) is 0 Å². The van der Waals surface area contributed by atoms with Gasteiger partial charge in [-0.3, -0.25) is 0 Å². The zero-order valence-electron chi connectivity index (χ0n) is 6.71. The van der Waals surface area contributed by atoms with Gasteiger partial charge in [0, 0.05) is 4.88 Å². The quantitative estimate of drug-likeness (QED) is 0.597. The molecule has 1 heterocycles. The van der Waals surface area contributed by atoms with Crippen molar-refractivity contribution >= 4 is 17.4 Å². The molecule has 0 aliphatic rings. The van der Waals surface area contributed by atoms with Gasteiger partial charge in [-0.05, 0) is 23.9 Å². The zero-order valence-corrected chi connectivity index (χ0v) is 7.53. The fourth-order valence-corrected chi connectivity index (χ4v) is 1.32. The molecule has 0 radical (unpaired) electrons. The molecule has 1 aromatic heterocycles. The normalized spacial score (nSPS) is 10.6. The van der Waals surface area contributed by atoms with Crippen LogP contribution in [0.25, 0.3) is 6.08 Å². The minimum Gasteiger partial charge on any atom is -0.144 e. The molecule has 1 rings (SSSR count). The molecule has 11 heavy (non-hydrogen) atoms. The van der Waals surface area contributed by atoms with Crippen molar-refractivity contribution in [2.24, 2.45) is 0 Å². The van der Waals surface area contributed by atoms with E-state index in [0.29, 0.717) is 0 Å². The molecule has 0 nitrogen and oxygen atoms in total. The predicted octanol–water partition coefficient (Wildman–Crippen LogP) is 3.73. The minimum absolute atomic E-state index is 1.03. The molecule has 0 saturated heterocycles. The predicted molar refractivity (Wildman–Crippen MR) is 52.8 cm³/mol. The molecule has 0 aliphatic carbocycles. The first-order valence-electron chi connectivity index (χ1n) is 3.72. The van der Waals surface area contributed by atoms with Gasteiger partial charge in [-0.1, -0.05) is 31.2 Å². The van der Waals surface area contributed by atoms with E-state index >= 15 is 0 Å². The summed E-state index contributed by atoms with van der Waals surface area (Å²) in [6.45, 7) is 6.00. The first-order valence-corrected chi connectivity index (χ1v) is 4.60. The molecule has 1 heteroatoms. The van der Waals surface area contributed by atoms with E-state index in [1.54, 1.807) is 11.3 Å². The standard InChI is InChI=1S/C10H12S/c1-3-9(2)6-7-10-5-4-8-11-10/h4-8H,2-3H2,1H3/b7-6+. The summed E-state index contributed by atoms with van der Waals surface area (Å²) >= 11 is 1.75. The van der Waals surface area contributed by atoms with Crippen LogP contribution in [0.1, 0.15) is 18.2 Å². The highest BCUT2D eigenvalue weighted by Crippen LogP contribution is 2.12. The Hall–Kier alpha value is -0.820. The number of hydrogen-bond donors (Lipinski definition) is 0. The van der Waals surface area contributed by atoms with E-state index in [1.165, 1.54) is 10.5 Å². The molecular weight excluding hydrogens is 152 g/mol. The summed E-state index contributed by atoms with van der Waals surface area (Å²) in [5.74, 6) is 0. The molecule has 0 fully saturated rings. The topological polar surface area (TPSA) is 0 Å². The van der Waals surface area contributed by atoms with E-state index in [9.17, 15) is 0 Å². The van der Waals surface area contributed by atoms with Crippen LogP contribution in [-0.2, 0) is 0 Å². The molecular formula is C10H12S. The summed E-state index contributed by atoms with van der Waals surface area (Å²) in [6.07, 6.45) is 5.21. The highest BCUT2D eigenvalue weighted by atomic mass is 32.1. The Labute approximate surface area is 71.9 Å². The van der Waals surface area contributed by atoms with Crippen molar-refractivity contribution < 1.29 is 0 Å². The lowest BCUT2D eigenvalue weighted by atomic mass is 10.2. The largest absolute Gasteiger partial charge is 0.144 e. The molecule has 0 saturated carbocycles. The molecule has 58 valence electrons. The number of hydrogen-bond acceptors (Lipinski definition) is 1. The van der Waals surface area contributed by atoms with Gasteiger partial charge in [-0.15, -0.1) is 11.3 Å². The van der Waals surface area contributed by atoms with Crippen LogP contribution < -0.4 is 0 Å². The highest BCUT2D eigenvalue weighted by Gasteiger charge is 1.85. The van der Waals surface area contributed by atoms with Crippen LogP contribution in [0.4, 0.5) is 0 Å². The fraction of sp³-hybridized carbons (Fsp3) is 0.200. The van der Waals surface area contributed by atoms with Crippen LogP contribution in [-0.4, -0.2) is 0 Å². The van der Waals surface area contributed by atoms with Crippen LogP contribution in [0, 0.1) is 0 Å². The fourth-order valence-electron chi connectivity index (χ4n) is 0.704. The Morgan fingerprint density at radius 3 is 3.09 bits per heavy atom. The maximum absolute atomic E-state index is 3.89. The third kappa shape index (κ3) is 2.72. The lowest BCUT2D eigenvalue weighted by Crippen LogP contribution is -1.67. The lowest BCUT2D eigenvalue weighted by molar-refractivity contribution is 1.16. The molecule has 0 spiro atoms. The van der Waals surface area contributed by atoms with Gasteiger partial charge in [0.05, 0.1) is 0 Å². The Kier molecular flexibility index (Phi) is 3.12. The highest BCUT2D eigenvalue weighted by molar-refractivity contribution is 7.10. The minimum atomic E-state index is 1.03. The van der Waals surface area contributed by atoms with E-state index in [-0.39, 0.29) is 0 Å². The molecule has 0 bridgehead atoms. The number of allylic oxidation sites excluding steroid dienone is 2. The lowest BCUT2D eigenvalue weighted by Gasteiger charge is -1.89. The summed E-state index contributed by atoms with van der Waals surface area (Å²) in [4.78, 5) is 1.29. The SMILES string of the molecule is C=C(/C=C/c1cccs1)CC. The van der Waals surface area contributed by atoms with Crippen molar-refractivity contribution in [2.45, 2.75) is 13.3 Å². The Bertz CT molecular complexity index is 242. The van der Waals surface area contributed by atoms with Gasteiger partial charge in [0.1, 0.15) is 0 Å². The van der Waals surface area contributed by atoms with E-state index in [0.717, 1.165) is 6.42 Å². The number of thiophene rings is 1. The Balaban J connectivity index is 2.55. The van der Waals surface area contributed by atoms with Crippen molar-refractivity contribution in [1.29, 1.82) is 0 Å². The van der Waals surface area contributed by atoms with E-state index in [2.05, 4.69) is 43.2 Å². The van der Waals surface area contributed by atoms with Crippen LogP contribution in [0.15, 0.2) is 35.7 Å². The third-order valence-corrected chi connectivity index (χ3v) is 2.32. The van der Waals surface area contributed by atoms with E-state index in [4.69, 9.17) is 0 Å². The van der Waals surface area contributed by atoms with Crippen molar-refractivity contribution in [2.75, 3.05) is 0 Å². The molecule has 0 aromatic carbocycles. The van der Waals surface area contributed by atoms with Crippen molar-refractivity contribution in [3.8, 4) is 0 Å². The first kappa shape index (κ1) is 8.28. The smallest absolute Gasteiger partial charge is 0.0270 e. The molecule has 0 N–H and O–H groups in total. The van der Waals surface area contributed by atoms with Crippen LogP contribution >= 0.6 is 11.3 Å². The van der Waals surface area contributed by atoms with Crippen LogP contribution in [0.3, 0.4) is 0 Å². The maximum atomic E-state index is 3.89. The second-order valence-corrected chi connectivity index (χ2v) is 3.34. The summed E-state index contributed by atoms with van der Waals surface area (Å²) < 4.78 is 0. The van der Waals surface area contributed by atoms with Crippen molar-refractivity contribution in [3.63, 3.8) is 0 Å². The van der Waals surface area contributed by atoms with Gasteiger partial charge >= 0.3 is 0 Å². The third-order valence-electron chi connectivity index (χ3n) is 1.48. The van der Waals surface area contributed by atoms with Gasteiger partial charge in [0.15, 0.2) is 0 Å². The first-order chi connectivity index (χ1) is 5.33. The summed E-state index contributed by atoms with van der Waals surface area (Å²) in [5.41, 5.74) is 1.18. The van der Waals surface area contributed by atoms with Crippen molar-refractivity contribution in [3.05, 3.63) is 40.6 Å². The molecule has 1 aromatic rings. The van der Waals surface area contributed by atoms with Gasteiger partial charge in [0.2, 0.25) is 0 Å². The zero-order chi connectivity index (χ0) is 8.10. The van der Waals surface area contributed by atoms with E-state index in [1.807, 2.05) is 0 Å². The van der Waals surface area contributed by atoms with Gasteiger partial charge < -0.3 is 0 Å². The summed E-state index contributed by atoms with van der Waals surface area (Å²) in [5, 5.41) is 2.08. The van der Waals surface area contributed by atoms with Crippen molar-refractivity contribution in [1.82, 2.24) is 0 Å². The average molecular weight is 164 g/mol. The number of rotatable bonds is 3. The Morgan fingerprint density at radius 1 is 1.73 bits per heavy atom. The van der Waals surface area contributed by atoms with Crippen LogP contribution in [0.2, 0.25) is 0 Å². The van der Waals surface area contributed by atoms with Gasteiger partial charge in [-0.2, -0.15) is 0 Å². The molecule has 0 aliphatic heterocycles. The van der Waals surface area contributed by atoms with Gasteiger partial charge in [0.25, 0.3) is 0 Å². The average Bonchev–Trinajstić information content (AvgIpc) is 2.52.